The normalized spacial score (nSPS) is 21.5. The van der Waals surface area contributed by atoms with Crippen LogP contribution in [0.25, 0.3) is 0 Å². The Labute approximate surface area is 102 Å². The molecule has 0 radical (unpaired) electrons. The molecule has 1 atom stereocenters. The van der Waals surface area contributed by atoms with Crippen molar-refractivity contribution in [2.75, 3.05) is 18.8 Å². The van der Waals surface area contributed by atoms with Crippen LogP contribution in [-0.2, 0) is 16.4 Å². The molecule has 1 aliphatic heterocycles. The van der Waals surface area contributed by atoms with Crippen molar-refractivity contribution in [1.82, 2.24) is 4.31 Å². The van der Waals surface area contributed by atoms with Crippen molar-refractivity contribution < 1.29 is 8.42 Å². The second-order valence-electron chi connectivity index (χ2n) is 4.36. The molecule has 0 saturated carbocycles. The minimum Gasteiger partial charge on any atom is -0.329 e. The first kappa shape index (κ1) is 12.5. The molecule has 2 N–H and O–H groups in total. The molecule has 0 aliphatic carbocycles. The number of nitrogens with zero attached hydrogens (tertiary/aromatic N) is 1. The topological polar surface area (TPSA) is 63.4 Å². The Bertz CT molecular complexity index is 459. The van der Waals surface area contributed by atoms with Crippen LogP contribution in [0.5, 0.6) is 0 Å². The van der Waals surface area contributed by atoms with E-state index in [1.807, 2.05) is 30.3 Å². The smallest absolute Gasteiger partial charge is 0.214 e. The molecule has 1 aromatic rings. The highest BCUT2D eigenvalue weighted by molar-refractivity contribution is 7.89. The van der Waals surface area contributed by atoms with Crippen molar-refractivity contribution >= 4 is 10.0 Å². The largest absolute Gasteiger partial charge is 0.329 e. The molecule has 0 spiro atoms. The van der Waals surface area contributed by atoms with Crippen LogP contribution in [-0.4, -0.2) is 37.6 Å². The number of hydrogen-bond donors (Lipinski definition) is 1. The maximum Gasteiger partial charge on any atom is 0.214 e. The molecule has 17 heavy (non-hydrogen) atoms. The first-order valence-electron chi connectivity index (χ1n) is 5.87. The van der Waals surface area contributed by atoms with Crippen LogP contribution in [0.3, 0.4) is 0 Å². The lowest BCUT2D eigenvalue weighted by Gasteiger charge is -2.25. The summed E-state index contributed by atoms with van der Waals surface area (Å²) in [5.74, 6) is 0.262. The van der Waals surface area contributed by atoms with E-state index in [9.17, 15) is 8.42 Å². The van der Waals surface area contributed by atoms with E-state index < -0.39 is 10.0 Å². The third kappa shape index (κ3) is 2.86. The highest BCUT2D eigenvalue weighted by Gasteiger charge is 2.33. The molecule has 4 nitrogen and oxygen atoms in total. The van der Waals surface area contributed by atoms with E-state index in [0.29, 0.717) is 25.9 Å². The highest BCUT2D eigenvalue weighted by atomic mass is 32.2. The average Bonchev–Trinajstić information content (AvgIpc) is 2.67. The SMILES string of the molecule is NCC(Cc1ccccc1)N1CCCS1(=O)=O. The first-order chi connectivity index (χ1) is 8.13. The van der Waals surface area contributed by atoms with Gasteiger partial charge in [0.1, 0.15) is 0 Å². The van der Waals surface area contributed by atoms with E-state index >= 15 is 0 Å². The van der Waals surface area contributed by atoms with Crippen molar-refractivity contribution in [3.8, 4) is 0 Å². The lowest BCUT2D eigenvalue weighted by molar-refractivity contribution is 0.343. The van der Waals surface area contributed by atoms with Gasteiger partial charge in [0, 0.05) is 19.1 Å². The van der Waals surface area contributed by atoms with E-state index in [0.717, 1.165) is 5.56 Å². The van der Waals surface area contributed by atoms with Crippen LogP contribution >= 0.6 is 0 Å². The van der Waals surface area contributed by atoms with Crippen molar-refractivity contribution in [2.24, 2.45) is 5.73 Å². The van der Waals surface area contributed by atoms with Crippen LogP contribution in [0.2, 0.25) is 0 Å². The third-order valence-corrected chi connectivity index (χ3v) is 5.13. The molecule has 5 heteroatoms. The fourth-order valence-corrected chi connectivity index (χ4v) is 4.01. The van der Waals surface area contributed by atoms with E-state index in [-0.39, 0.29) is 11.8 Å². The van der Waals surface area contributed by atoms with Gasteiger partial charge < -0.3 is 5.73 Å². The third-order valence-electron chi connectivity index (χ3n) is 3.13. The predicted molar refractivity (Wildman–Crippen MR) is 68.1 cm³/mol. The van der Waals surface area contributed by atoms with Crippen molar-refractivity contribution in [3.63, 3.8) is 0 Å². The maximum absolute atomic E-state index is 11.8. The molecule has 1 fully saturated rings. The van der Waals surface area contributed by atoms with Crippen LogP contribution < -0.4 is 5.73 Å². The van der Waals surface area contributed by atoms with E-state index in [1.54, 1.807) is 4.31 Å². The zero-order chi connectivity index (χ0) is 12.3. The van der Waals surface area contributed by atoms with Crippen molar-refractivity contribution in [3.05, 3.63) is 35.9 Å². The molecule has 0 aromatic heterocycles. The summed E-state index contributed by atoms with van der Waals surface area (Å²) >= 11 is 0. The van der Waals surface area contributed by atoms with Gasteiger partial charge in [-0.15, -0.1) is 0 Å². The molecule has 1 saturated heterocycles. The van der Waals surface area contributed by atoms with Gasteiger partial charge in [-0.05, 0) is 18.4 Å². The molecule has 0 amide bonds. The summed E-state index contributed by atoms with van der Waals surface area (Å²) in [5, 5.41) is 0. The fraction of sp³-hybridized carbons (Fsp3) is 0.500. The van der Waals surface area contributed by atoms with Crippen LogP contribution in [0.1, 0.15) is 12.0 Å². The summed E-state index contributed by atoms with van der Waals surface area (Å²) in [7, 11) is -3.07. The average molecular weight is 254 g/mol. The first-order valence-corrected chi connectivity index (χ1v) is 7.48. The summed E-state index contributed by atoms with van der Waals surface area (Å²) in [6.45, 7) is 0.977. The van der Waals surface area contributed by atoms with E-state index in [1.165, 1.54) is 0 Å². The minimum atomic E-state index is -3.07. The van der Waals surface area contributed by atoms with Crippen molar-refractivity contribution in [1.29, 1.82) is 0 Å². The molecule has 1 heterocycles. The summed E-state index contributed by atoms with van der Waals surface area (Å²) in [6.07, 6.45) is 1.41. The molecule has 0 bridgehead atoms. The lowest BCUT2D eigenvalue weighted by atomic mass is 10.1. The molecule has 1 aliphatic rings. The fourth-order valence-electron chi connectivity index (χ4n) is 2.26. The minimum absolute atomic E-state index is 0.107. The molecule has 1 unspecified atom stereocenters. The second-order valence-corrected chi connectivity index (χ2v) is 6.40. The molecule has 94 valence electrons. The van der Waals surface area contributed by atoms with Gasteiger partial charge in [0.05, 0.1) is 5.75 Å². The van der Waals surface area contributed by atoms with Gasteiger partial charge in [-0.2, -0.15) is 4.31 Å². The highest BCUT2D eigenvalue weighted by Crippen LogP contribution is 2.19. The van der Waals surface area contributed by atoms with Crippen molar-refractivity contribution in [2.45, 2.75) is 18.9 Å². The lowest BCUT2D eigenvalue weighted by Crippen LogP contribution is -2.43. The zero-order valence-electron chi connectivity index (χ0n) is 9.75. The standard InChI is InChI=1S/C12H18N2O2S/c13-10-12(9-11-5-2-1-3-6-11)14-7-4-8-17(14,15)16/h1-3,5-6,12H,4,7-10,13H2. The van der Waals surface area contributed by atoms with Gasteiger partial charge in [0.25, 0.3) is 0 Å². The summed E-state index contributed by atoms with van der Waals surface area (Å²) in [6, 6.07) is 9.78. The number of hydrogen-bond acceptors (Lipinski definition) is 3. The molecule has 1 aromatic carbocycles. The van der Waals surface area contributed by atoms with Gasteiger partial charge >= 0.3 is 0 Å². The zero-order valence-corrected chi connectivity index (χ0v) is 10.6. The Morgan fingerprint density at radius 1 is 1.29 bits per heavy atom. The maximum atomic E-state index is 11.8. The summed E-state index contributed by atoms with van der Waals surface area (Å²) in [5.41, 5.74) is 6.85. The monoisotopic (exact) mass is 254 g/mol. The van der Waals surface area contributed by atoms with Crippen LogP contribution in [0.15, 0.2) is 30.3 Å². The van der Waals surface area contributed by atoms with Crippen LogP contribution in [0.4, 0.5) is 0 Å². The van der Waals surface area contributed by atoms with Gasteiger partial charge in [-0.3, -0.25) is 0 Å². The Kier molecular flexibility index (Phi) is 3.81. The van der Waals surface area contributed by atoms with E-state index in [2.05, 4.69) is 0 Å². The number of sulfonamides is 1. The van der Waals surface area contributed by atoms with Gasteiger partial charge in [-0.1, -0.05) is 30.3 Å². The molecule has 2 rings (SSSR count). The second kappa shape index (κ2) is 5.16. The molecular weight excluding hydrogens is 236 g/mol. The van der Waals surface area contributed by atoms with Crippen LogP contribution in [0, 0.1) is 0 Å². The summed E-state index contributed by atoms with van der Waals surface area (Å²) in [4.78, 5) is 0. The summed E-state index contributed by atoms with van der Waals surface area (Å²) < 4.78 is 25.2. The quantitative estimate of drug-likeness (QED) is 0.855. The van der Waals surface area contributed by atoms with Gasteiger partial charge in [0.2, 0.25) is 10.0 Å². The van der Waals surface area contributed by atoms with Gasteiger partial charge in [-0.25, -0.2) is 8.42 Å². The number of nitrogens with two attached hydrogens (primary N) is 1. The van der Waals surface area contributed by atoms with Gasteiger partial charge in [0.15, 0.2) is 0 Å². The Morgan fingerprint density at radius 2 is 2.00 bits per heavy atom. The Morgan fingerprint density at radius 3 is 2.53 bits per heavy atom. The number of rotatable bonds is 4. The Balaban J connectivity index is 2.12. The predicted octanol–water partition coefficient (Wildman–Crippen LogP) is 0.592. The Hall–Kier alpha value is -0.910. The van der Waals surface area contributed by atoms with E-state index in [4.69, 9.17) is 5.73 Å². The number of benzene rings is 1. The molecular formula is C12H18N2O2S.